The number of aliphatic hydroxyl groups is 1. The van der Waals surface area contributed by atoms with E-state index in [0.717, 1.165) is 18.2 Å². The van der Waals surface area contributed by atoms with Crippen LogP contribution < -0.4 is 5.73 Å². The Kier molecular flexibility index (Phi) is 4.50. The number of primary amides is 1. The fourth-order valence-corrected chi connectivity index (χ4v) is 3.05. The average Bonchev–Trinajstić information content (AvgIpc) is 2.98. The van der Waals surface area contributed by atoms with Gasteiger partial charge in [-0.15, -0.1) is 0 Å². The highest BCUT2D eigenvalue weighted by molar-refractivity contribution is 5.97. The number of amides is 2. The van der Waals surface area contributed by atoms with Crippen LogP contribution in [-0.2, 0) is 0 Å². The van der Waals surface area contributed by atoms with Crippen molar-refractivity contribution in [2.24, 2.45) is 5.73 Å². The second-order valence-electron chi connectivity index (χ2n) is 5.97. The van der Waals surface area contributed by atoms with E-state index in [1.807, 2.05) is 0 Å². The van der Waals surface area contributed by atoms with Gasteiger partial charge in [0, 0.05) is 23.2 Å². The zero-order chi connectivity index (χ0) is 18.1. The number of carbonyl (C=O) groups excluding carboxylic acids is 2. The number of benzene rings is 2. The Morgan fingerprint density at radius 2 is 1.72 bits per heavy atom. The molecule has 2 aromatic rings. The molecule has 25 heavy (non-hydrogen) atoms. The highest BCUT2D eigenvalue weighted by atomic mass is 19.1. The average molecular weight is 346 g/mol. The van der Waals surface area contributed by atoms with E-state index < -0.39 is 35.6 Å². The molecule has 2 amide bonds. The van der Waals surface area contributed by atoms with E-state index in [2.05, 4.69) is 0 Å². The quantitative estimate of drug-likeness (QED) is 0.892. The van der Waals surface area contributed by atoms with Crippen molar-refractivity contribution in [3.63, 3.8) is 0 Å². The lowest BCUT2D eigenvalue weighted by Crippen LogP contribution is -2.32. The predicted molar refractivity (Wildman–Crippen MR) is 85.7 cm³/mol. The van der Waals surface area contributed by atoms with Crippen LogP contribution in [-0.4, -0.2) is 34.5 Å². The molecular weight excluding hydrogens is 330 g/mol. The van der Waals surface area contributed by atoms with Crippen molar-refractivity contribution >= 4 is 11.8 Å². The van der Waals surface area contributed by atoms with Crippen LogP contribution in [0.2, 0.25) is 0 Å². The molecule has 0 aliphatic carbocycles. The van der Waals surface area contributed by atoms with Crippen LogP contribution in [0.3, 0.4) is 0 Å². The zero-order valence-electron chi connectivity index (χ0n) is 13.2. The summed E-state index contributed by atoms with van der Waals surface area (Å²) in [5, 5.41) is 9.93. The number of hydrogen-bond acceptors (Lipinski definition) is 3. The monoisotopic (exact) mass is 346 g/mol. The highest BCUT2D eigenvalue weighted by Crippen LogP contribution is 2.35. The molecule has 130 valence electrons. The molecule has 3 rings (SSSR count). The van der Waals surface area contributed by atoms with E-state index in [1.54, 1.807) is 0 Å². The summed E-state index contributed by atoms with van der Waals surface area (Å²) >= 11 is 0. The first-order valence-corrected chi connectivity index (χ1v) is 7.70. The fourth-order valence-electron chi connectivity index (χ4n) is 3.05. The molecule has 2 aromatic carbocycles. The van der Waals surface area contributed by atoms with Gasteiger partial charge < -0.3 is 15.7 Å². The maximum absolute atomic E-state index is 14.1. The van der Waals surface area contributed by atoms with Crippen molar-refractivity contribution in [2.45, 2.75) is 18.6 Å². The third kappa shape index (κ3) is 3.36. The number of carbonyl (C=O) groups is 2. The second-order valence-corrected chi connectivity index (χ2v) is 5.97. The maximum Gasteiger partial charge on any atom is 0.254 e. The minimum absolute atomic E-state index is 0.0109. The molecule has 0 bridgehead atoms. The number of β-amino-alcohol motifs (C(OH)–C–C–N with tert-alkyl or cyclic N) is 1. The van der Waals surface area contributed by atoms with E-state index in [0.29, 0.717) is 0 Å². The second kappa shape index (κ2) is 6.60. The summed E-state index contributed by atoms with van der Waals surface area (Å²) in [4.78, 5) is 25.1. The molecule has 0 spiro atoms. The van der Waals surface area contributed by atoms with Crippen molar-refractivity contribution in [3.05, 3.63) is 70.8 Å². The lowest BCUT2D eigenvalue weighted by Gasteiger charge is -2.25. The molecule has 0 saturated carbocycles. The molecule has 3 N–H and O–H groups in total. The largest absolute Gasteiger partial charge is 0.391 e. The van der Waals surface area contributed by atoms with Crippen molar-refractivity contribution in [2.75, 3.05) is 6.54 Å². The standard InChI is InChI=1S/C18H16F2N2O3/c19-12-5-6-15(20)14(7-12)16-8-13(23)9-22(16)18(25)11-3-1-10(2-4-11)17(21)24/h1-7,13,16,23H,8-9H2,(H2,21,24)/t13-,16-/m0/s1. The van der Waals surface area contributed by atoms with Crippen molar-refractivity contribution < 1.29 is 23.5 Å². The summed E-state index contributed by atoms with van der Waals surface area (Å²) < 4.78 is 27.6. The molecule has 7 heteroatoms. The van der Waals surface area contributed by atoms with E-state index in [-0.39, 0.29) is 29.7 Å². The minimum atomic E-state index is -0.832. The third-order valence-corrected chi connectivity index (χ3v) is 4.27. The lowest BCUT2D eigenvalue weighted by molar-refractivity contribution is 0.0713. The van der Waals surface area contributed by atoms with Gasteiger partial charge in [0.15, 0.2) is 0 Å². The summed E-state index contributed by atoms with van der Waals surface area (Å²) in [6, 6.07) is 7.97. The Balaban J connectivity index is 1.92. The van der Waals surface area contributed by atoms with Gasteiger partial charge in [0.1, 0.15) is 11.6 Å². The number of nitrogens with two attached hydrogens (primary N) is 1. The van der Waals surface area contributed by atoms with Crippen molar-refractivity contribution in [3.8, 4) is 0 Å². The smallest absolute Gasteiger partial charge is 0.254 e. The SMILES string of the molecule is NC(=O)c1ccc(C(=O)N2C[C@@H](O)C[C@H]2c2cc(F)ccc2F)cc1. The van der Waals surface area contributed by atoms with Gasteiger partial charge in [0.25, 0.3) is 5.91 Å². The first kappa shape index (κ1) is 17.0. The van der Waals surface area contributed by atoms with E-state index in [1.165, 1.54) is 29.2 Å². The summed E-state index contributed by atoms with van der Waals surface area (Å²) in [6.07, 6.45) is -0.715. The first-order valence-electron chi connectivity index (χ1n) is 7.70. The van der Waals surface area contributed by atoms with Gasteiger partial charge in [-0.05, 0) is 48.9 Å². The third-order valence-electron chi connectivity index (χ3n) is 4.27. The van der Waals surface area contributed by atoms with Gasteiger partial charge in [-0.25, -0.2) is 8.78 Å². The van der Waals surface area contributed by atoms with Crippen molar-refractivity contribution in [1.82, 2.24) is 4.90 Å². The Bertz CT molecular complexity index is 824. The van der Waals surface area contributed by atoms with Gasteiger partial charge in [-0.1, -0.05) is 0 Å². The first-order chi connectivity index (χ1) is 11.9. The van der Waals surface area contributed by atoms with Gasteiger partial charge in [0.05, 0.1) is 12.1 Å². The highest BCUT2D eigenvalue weighted by Gasteiger charge is 2.37. The zero-order valence-corrected chi connectivity index (χ0v) is 13.2. The van der Waals surface area contributed by atoms with Crippen LogP contribution in [0.25, 0.3) is 0 Å². The fraction of sp³-hybridized carbons (Fsp3) is 0.222. The summed E-state index contributed by atoms with van der Waals surface area (Å²) in [5.74, 6) is -2.31. The Morgan fingerprint density at radius 3 is 2.36 bits per heavy atom. The molecule has 1 heterocycles. The van der Waals surface area contributed by atoms with Crippen LogP contribution in [0, 0.1) is 11.6 Å². The number of nitrogens with zero attached hydrogens (tertiary/aromatic N) is 1. The van der Waals surface area contributed by atoms with Gasteiger partial charge in [-0.3, -0.25) is 9.59 Å². The molecule has 0 radical (unpaired) electrons. The molecule has 1 saturated heterocycles. The van der Waals surface area contributed by atoms with Gasteiger partial charge in [-0.2, -0.15) is 0 Å². The maximum atomic E-state index is 14.1. The molecule has 1 aliphatic rings. The molecule has 5 nitrogen and oxygen atoms in total. The van der Waals surface area contributed by atoms with Gasteiger partial charge >= 0.3 is 0 Å². The molecule has 0 aromatic heterocycles. The number of likely N-dealkylation sites (tertiary alicyclic amines) is 1. The molecule has 1 aliphatic heterocycles. The Morgan fingerprint density at radius 1 is 1.08 bits per heavy atom. The van der Waals surface area contributed by atoms with E-state index in [4.69, 9.17) is 5.73 Å². The number of aliphatic hydroxyl groups excluding tert-OH is 1. The number of rotatable bonds is 3. The molecular formula is C18H16F2N2O3. The summed E-state index contributed by atoms with van der Waals surface area (Å²) in [5.41, 5.74) is 5.71. The van der Waals surface area contributed by atoms with Crippen LogP contribution in [0.1, 0.15) is 38.7 Å². The van der Waals surface area contributed by atoms with Crippen molar-refractivity contribution in [1.29, 1.82) is 0 Å². The van der Waals surface area contributed by atoms with E-state index >= 15 is 0 Å². The Labute approximate surface area is 142 Å². The topological polar surface area (TPSA) is 83.6 Å². The predicted octanol–water partition coefficient (Wildman–Crippen LogP) is 2.01. The molecule has 1 fully saturated rings. The van der Waals surface area contributed by atoms with Crippen LogP contribution >= 0.6 is 0 Å². The van der Waals surface area contributed by atoms with Gasteiger partial charge in [0.2, 0.25) is 5.91 Å². The molecule has 0 unspecified atom stereocenters. The van der Waals surface area contributed by atoms with Crippen LogP contribution in [0.5, 0.6) is 0 Å². The minimum Gasteiger partial charge on any atom is -0.391 e. The van der Waals surface area contributed by atoms with E-state index in [9.17, 15) is 23.5 Å². The van der Waals surface area contributed by atoms with Crippen LogP contribution in [0.4, 0.5) is 8.78 Å². The normalized spacial score (nSPS) is 19.9. The number of halogens is 2. The number of hydrogen-bond donors (Lipinski definition) is 2. The molecule has 2 atom stereocenters. The van der Waals surface area contributed by atoms with Crippen LogP contribution in [0.15, 0.2) is 42.5 Å². The summed E-state index contributed by atoms with van der Waals surface area (Å²) in [7, 11) is 0. The lowest BCUT2D eigenvalue weighted by atomic mass is 10.0. The Hall–Kier alpha value is -2.80. The summed E-state index contributed by atoms with van der Waals surface area (Å²) in [6.45, 7) is 0.0109.